The van der Waals surface area contributed by atoms with Crippen molar-refractivity contribution in [2.75, 3.05) is 5.32 Å². The molecule has 0 aliphatic rings. The van der Waals surface area contributed by atoms with Gasteiger partial charge >= 0.3 is 0 Å². The molecule has 4 nitrogen and oxygen atoms in total. The lowest BCUT2D eigenvalue weighted by molar-refractivity contribution is 0.500. The number of rotatable bonds is 4. The summed E-state index contributed by atoms with van der Waals surface area (Å²) in [5.74, 6) is -1.10. The molecule has 3 rings (SSSR count). The van der Waals surface area contributed by atoms with Crippen LogP contribution in [0.2, 0.25) is 0 Å². The monoisotopic (exact) mass is 286 g/mol. The molecule has 6 heteroatoms. The Balaban J connectivity index is 1.85. The van der Waals surface area contributed by atoms with Gasteiger partial charge < -0.3 is 5.32 Å². The zero-order chi connectivity index (χ0) is 14.7. The molecule has 2 aromatic heterocycles. The number of hydrogen-bond donors (Lipinski definition) is 1. The highest BCUT2D eigenvalue weighted by molar-refractivity contribution is 5.56. The molecule has 21 heavy (non-hydrogen) atoms. The number of pyridine rings is 1. The van der Waals surface area contributed by atoms with Crippen LogP contribution in [0.1, 0.15) is 5.56 Å². The van der Waals surface area contributed by atoms with E-state index in [-0.39, 0.29) is 12.1 Å². The van der Waals surface area contributed by atoms with Gasteiger partial charge in [0.25, 0.3) is 0 Å². The van der Waals surface area contributed by atoms with Gasteiger partial charge in [-0.15, -0.1) is 0 Å². The van der Waals surface area contributed by atoms with Crippen molar-refractivity contribution >= 4 is 5.69 Å². The minimum Gasteiger partial charge on any atom is -0.378 e. The minimum absolute atomic E-state index is 0.156. The van der Waals surface area contributed by atoms with Crippen molar-refractivity contribution in [3.05, 3.63) is 72.2 Å². The van der Waals surface area contributed by atoms with Crippen molar-refractivity contribution in [1.29, 1.82) is 0 Å². The zero-order valence-corrected chi connectivity index (χ0v) is 11.0. The summed E-state index contributed by atoms with van der Waals surface area (Å²) in [6.07, 6.45) is 5.05. The van der Waals surface area contributed by atoms with E-state index >= 15 is 0 Å². The van der Waals surface area contributed by atoms with E-state index < -0.39 is 11.6 Å². The van der Waals surface area contributed by atoms with E-state index in [1.807, 2.05) is 0 Å². The summed E-state index contributed by atoms with van der Waals surface area (Å²) in [5.41, 5.74) is 0.940. The fraction of sp³-hybridized carbons (Fsp3) is 0.0667. The Morgan fingerprint density at radius 2 is 1.95 bits per heavy atom. The first-order chi connectivity index (χ1) is 10.3. The highest BCUT2D eigenvalue weighted by Crippen LogP contribution is 2.18. The van der Waals surface area contributed by atoms with Gasteiger partial charge in [0.15, 0.2) is 17.5 Å². The van der Waals surface area contributed by atoms with Crippen molar-refractivity contribution in [1.82, 2.24) is 14.8 Å². The van der Waals surface area contributed by atoms with Gasteiger partial charge in [0.1, 0.15) is 0 Å². The molecule has 2 heterocycles. The van der Waals surface area contributed by atoms with Crippen molar-refractivity contribution in [2.45, 2.75) is 6.54 Å². The highest BCUT2D eigenvalue weighted by Gasteiger charge is 2.09. The third-order valence-electron chi connectivity index (χ3n) is 3.01. The normalized spacial score (nSPS) is 10.6. The number of benzene rings is 1. The van der Waals surface area contributed by atoms with E-state index in [2.05, 4.69) is 15.4 Å². The van der Waals surface area contributed by atoms with Gasteiger partial charge in [-0.25, -0.2) is 18.4 Å². The summed E-state index contributed by atoms with van der Waals surface area (Å²) >= 11 is 0. The molecule has 0 radical (unpaired) electrons. The Bertz CT molecular complexity index is 741. The molecule has 1 N–H and O–H groups in total. The fourth-order valence-electron chi connectivity index (χ4n) is 1.99. The molecule has 0 aliphatic heterocycles. The Hall–Kier alpha value is -2.76. The predicted octanol–water partition coefficient (Wildman–Crippen LogP) is 3.16. The molecule has 0 unspecified atom stereocenters. The van der Waals surface area contributed by atoms with Crippen molar-refractivity contribution < 1.29 is 8.78 Å². The third kappa shape index (κ3) is 2.74. The topological polar surface area (TPSA) is 42.7 Å². The van der Waals surface area contributed by atoms with Crippen LogP contribution in [0.15, 0.2) is 55.0 Å². The van der Waals surface area contributed by atoms with Crippen LogP contribution < -0.4 is 5.32 Å². The molecule has 0 bridgehead atoms. The average molecular weight is 286 g/mol. The lowest BCUT2D eigenvalue weighted by Gasteiger charge is -2.11. The molecule has 0 saturated heterocycles. The lowest BCUT2D eigenvalue weighted by atomic mass is 10.2. The maximum absolute atomic E-state index is 13.6. The number of nitrogens with one attached hydrogen (secondary N) is 1. The smallest absolute Gasteiger partial charge is 0.176 e. The van der Waals surface area contributed by atoms with Crippen molar-refractivity contribution in [2.24, 2.45) is 0 Å². The largest absolute Gasteiger partial charge is 0.378 e. The molecular formula is C15H12F2N4. The molecular weight excluding hydrogens is 274 g/mol. The molecule has 0 saturated carbocycles. The number of aromatic nitrogens is 3. The van der Waals surface area contributed by atoms with E-state index in [1.54, 1.807) is 41.5 Å². The van der Waals surface area contributed by atoms with Gasteiger partial charge in [-0.05, 0) is 24.3 Å². The number of anilines is 1. The van der Waals surface area contributed by atoms with E-state index in [1.165, 1.54) is 12.1 Å². The quantitative estimate of drug-likeness (QED) is 0.801. The lowest BCUT2D eigenvalue weighted by Crippen LogP contribution is -2.08. The van der Waals surface area contributed by atoms with E-state index in [0.29, 0.717) is 11.5 Å². The van der Waals surface area contributed by atoms with Crippen LogP contribution >= 0.6 is 0 Å². The average Bonchev–Trinajstić information content (AvgIpc) is 3.03. The molecule has 0 aliphatic carbocycles. The Labute approximate surface area is 120 Å². The standard InChI is InChI=1S/C15H12F2N4/c16-12-5-1-4-11(14(12)17)10-19-13-6-2-7-18-15(13)21-9-3-8-20-21/h1-9,19H,10H2. The highest BCUT2D eigenvalue weighted by atomic mass is 19.2. The number of nitrogens with zero attached hydrogens (tertiary/aromatic N) is 3. The zero-order valence-electron chi connectivity index (χ0n) is 11.0. The second-order valence-electron chi connectivity index (χ2n) is 4.39. The predicted molar refractivity (Wildman–Crippen MR) is 75.0 cm³/mol. The maximum atomic E-state index is 13.6. The number of hydrogen-bond acceptors (Lipinski definition) is 3. The fourth-order valence-corrected chi connectivity index (χ4v) is 1.99. The van der Waals surface area contributed by atoms with Crippen molar-refractivity contribution in [3.8, 4) is 5.82 Å². The SMILES string of the molecule is Fc1cccc(CNc2cccnc2-n2cccn2)c1F. The molecule has 0 spiro atoms. The summed E-state index contributed by atoms with van der Waals surface area (Å²) < 4.78 is 28.4. The first-order valence-corrected chi connectivity index (χ1v) is 6.37. The molecule has 3 aromatic rings. The van der Waals surface area contributed by atoms with Gasteiger partial charge in [-0.1, -0.05) is 12.1 Å². The second-order valence-corrected chi connectivity index (χ2v) is 4.39. The molecule has 0 fully saturated rings. The van der Waals surface area contributed by atoms with E-state index in [4.69, 9.17) is 0 Å². The third-order valence-corrected chi connectivity index (χ3v) is 3.01. The first-order valence-electron chi connectivity index (χ1n) is 6.37. The van der Waals surface area contributed by atoms with Gasteiger partial charge in [0.05, 0.1) is 5.69 Å². The first kappa shape index (κ1) is 13.2. The van der Waals surface area contributed by atoms with Crippen molar-refractivity contribution in [3.63, 3.8) is 0 Å². The van der Waals surface area contributed by atoms with Crippen LogP contribution in [0.5, 0.6) is 0 Å². The van der Waals surface area contributed by atoms with Crippen LogP contribution in [-0.4, -0.2) is 14.8 Å². The minimum atomic E-state index is -0.854. The molecule has 1 aromatic carbocycles. The Kier molecular flexibility index (Phi) is 3.59. The molecule has 106 valence electrons. The Morgan fingerprint density at radius 1 is 1.05 bits per heavy atom. The summed E-state index contributed by atoms with van der Waals surface area (Å²) in [5, 5.41) is 7.17. The summed E-state index contributed by atoms with van der Waals surface area (Å²) in [4.78, 5) is 4.24. The summed E-state index contributed by atoms with van der Waals surface area (Å²) in [6.45, 7) is 0.156. The summed E-state index contributed by atoms with van der Waals surface area (Å²) in [6, 6.07) is 9.46. The Morgan fingerprint density at radius 3 is 2.76 bits per heavy atom. The van der Waals surface area contributed by atoms with Crippen LogP contribution in [-0.2, 0) is 6.54 Å². The van der Waals surface area contributed by atoms with Gasteiger partial charge in [-0.3, -0.25) is 0 Å². The van der Waals surface area contributed by atoms with Crippen LogP contribution in [0.3, 0.4) is 0 Å². The van der Waals surface area contributed by atoms with Crippen LogP contribution in [0.4, 0.5) is 14.5 Å². The molecule has 0 amide bonds. The summed E-state index contributed by atoms with van der Waals surface area (Å²) in [7, 11) is 0. The van der Waals surface area contributed by atoms with Gasteiger partial charge in [0, 0.05) is 30.7 Å². The number of halogens is 2. The second kappa shape index (κ2) is 5.70. The van der Waals surface area contributed by atoms with Crippen LogP contribution in [0, 0.1) is 11.6 Å². The van der Waals surface area contributed by atoms with E-state index in [9.17, 15) is 8.78 Å². The van der Waals surface area contributed by atoms with E-state index in [0.717, 1.165) is 6.07 Å². The molecule has 0 atom stereocenters. The van der Waals surface area contributed by atoms with Crippen LogP contribution in [0.25, 0.3) is 5.82 Å². The maximum Gasteiger partial charge on any atom is 0.176 e. The van der Waals surface area contributed by atoms with Gasteiger partial charge in [-0.2, -0.15) is 5.10 Å². The van der Waals surface area contributed by atoms with Gasteiger partial charge in [0.2, 0.25) is 0 Å².